The minimum Gasteiger partial charge on any atom is -0.497 e. The number of nitrogens with zero attached hydrogens (tertiary/aromatic N) is 1. The second kappa shape index (κ2) is 8.39. The molecule has 0 aliphatic carbocycles. The molecule has 28 heavy (non-hydrogen) atoms. The Morgan fingerprint density at radius 2 is 1.61 bits per heavy atom. The Balaban J connectivity index is 1.88. The number of rotatable bonds is 6. The van der Waals surface area contributed by atoms with Crippen molar-refractivity contribution in [2.45, 2.75) is 13.3 Å². The lowest BCUT2D eigenvalue weighted by Gasteiger charge is -2.26. The number of anilines is 1. The number of urea groups is 1. The van der Waals surface area contributed by atoms with Gasteiger partial charge >= 0.3 is 6.03 Å². The molecular weight excluding hydrogens is 360 g/mol. The summed E-state index contributed by atoms with van der Waals surface area (Å²) >= 11 is 0. The number of amides is 4. The van der Waals surface area contributed by atoms with Gasteiger partial charge in [0.1, 0.15) is 17.1 Å². The van der Waals surface area contributed by atoms with Crippen molar-refractivity contribution in [1.82, 2.24) is 5.32 Å². The molecule has 0 spiro atoms. The first-order valence-corrected chi connectivity index (χ1v) is 8.82. The molecule has 7 heteroatoms. The van der Waals surface area contributed by atoms with Gasteiger partial charge in [0.25, 0.3) is 11.8 Å². The molecule has 4 amide bonds. The fourth-order valence-electron chi connectivity index (χ4n) is 2.67. The Morgan fingerprint density at radius 3 is 2.21 bits per heavy atom. The molecule has 1 saturated heterocycles. The van der Waals surface area contributed by atoms with Crippen molar-refractivity contribution in [2.24, 2.45) is 0 Å². The van der Waals surface area contributed by atoms with Gasteiger partial charge in [0.2, 0.25) is 0 Å². The van der Waals surface area contributed by atoms with E-state index in [4.69, 9.17) is 9.47 Å². The third-order valence-electron chi connectivity index (χ3n) is 4.10. The van der Waals surface area contributed by atoms with E-state index >= 15 is 0 Å². The van der Waals surface area contributed by atoms with Gasteiger partial charge in [0.15, 0.2) is 0 Å². The monoisotopic (exact) mass is 380 g/mol. The van der Waals surface area contributed by atoms with Crippen LogP contribution in [0.3, 0.4) is 0 Å². The molecule has 0 atom stereocenters. The number of methoxy groups -OCH3 is 1. The van der Waals surface area contributed by atoms with E-state index in [0.29, 0.717) is 29.4 Å². The van der Waals surface area contributed by atoms with Crippen LogP contribution in [0.1, 0.15) is 18.9 Å². The Morgan fingerprint density at radius 1 is 0.964 bits per heavy atom. The predicted octanol–water partition coefficient (Wildman–Crippen LogP) is 3.15. The van der Waals surface area contributed by atoms with Crippen LogP contribution in [0.2, 0.25) is 0 Å². The Hall–Kier alpha value is -3.61. The van der Waals surface area contributed by atoms with E-state index in [1.54, 1.807) is 55.6 Å². The number of barbiturate groups is 1. The van der Waals surface area contributed by atoms with Crippen molar-refractivity contribution in [3.05, 3.63) is 59.7 Å². The maximum Gasteiger partial charge on any atom is 0.335 e. The van der Waals surface area contributed by atoms with E-state index in [9.17, 15) is 14.4 Å². The van der Waals surface area contributed by atoms with Gasteiger partial charge in [0.05, 0.1) is 19.4 Å². The highest BCUT2D eigenvalue weighted by Gasteiger charge is 2.36. The van der Waals surface area contributed by atoms with Crippen LogP contribution in [-0.2, 0) is 9.59 Å². The van der Waals surface area contributed by atoms with Crippen LogP contribution < -0.4 is 19.7 Å². The summed E-state index contributed by atoms with van der Waals surface area (Å²) in [7, 11) is 1.55. The fraction of sp³-hybridized carbons (Fsp3) is 0.190. The minimum atomic E-state index is -0.788. The molecule has 0 aromatic heterocycles. The van der Waals surface area contributed by atoms with Gasteiger partial charge in [-0.25, -0.2) is 9.69 Å². The van der Waals surface area contributed by atoms with Gasteiger partial charge in [-0.1, -0.05) is 19.1 Å². The van der Waals surface area contributed by atoms with Crippen LogP contribution in [0.15, 0.2) is 54.1 Å². The maximum absolute atomic E-state index is 12.9. The third kappa shape index (κ3) is 4.03. The second-order valence-electron chi connectivity index (χ2n) is 6.07. The minimum absolute atomic E-state index is 0.129. The molecule has 144 valence electrons. The van der Waals surface area contributed by atoms with Crippen molar-refractivity contribution in [2.75, 3.05) is 18.6 Å². The fourth-order valence-corrected chi connectivity index (χ4v) is 2.67. The summed E-state index contributed by atoms with van der Waals surface area (Å²) in [5, 5.41) is 2.20. The number of hydrogen-bond acceptors (Lipinski definition) is 5. The van der Waals surface area contributed by atoms with Crippen molar-refractivity contribution >= 4 is 29.6 Å². The maximum atomic E-state index is 12.9. The largest absolute Gasteiger partial charge is 0.497 e. The molecule has 7 nitrogen and oxygen atoms in total. The summed E-state index contributed by atoms with van der Waals surface area (Å²) in [6, 6.07) is 12.6. The summed E-state index contributed by atoms with van der Waals surface area (Å²) in [4.78, 5) is 38.2. The van der Waals surface area contributed by atoms with Crippen LogP contribution in [0.4, 0.5) is 10.5 Å². The Bertz CT molecular complexity index is 917. The number of carbonyl (C=O) groups is 3. The van der Waals surface area contributed by atoms with E-state index in [-0.39, 0.29) is 5.57 Å². The zero-order valence-corrected chi connectivity index (χ0v) is 15.6. The molecule has 1 N–H and O–H groups in total. The van der Waals surface area contributed by atoms with E-state index in [1.165, 1.54) is 6.08 Å². The number of hydrogen-bond donors (Lipinski definition) is 1. The molecule has 3 rings (SSSR count). The van der Waals surface area contributed by atoms with Crippen LogP contribution in [-0.4, -0.2) is 31.6 Å². The zero-order valence-electron chi connectivity index (χ0n) is 15.6. The number of benzene rings is 2. The molecule has 1 aliphatic heterocycles. The molecule has 1 fully saturated rings. The zero-order chi connectivity index (χ0) is 20.1. The highest BCUT2D eigenvalue weighted by molar-refractivity contribution is 6.39. The van der Waals surface area contributed by atoms with Crippen LogP contribution in [0, 0.1) is 0 Å². The third-order valence-corrected chi connectivity index (χ3v) is 4.10. The van der Waals surface area contributed by atoms with E-state index in [1.807, 2.05) is 6.92 Å². The van der Waals surface area contributed by atoms with Crippen molar-refractivity contribution in [3.63, 3.8) is 0 Å². The number of carbonyl (C=O) groups excluding carboxylic acids is 3. The Labute approximate surface area is 162 Å². The number of ether oxygens (including phenoxy) is 2. The number of nitrogens with one attached hydrogen (secondary N) is 1. The average molecular weight is 380 g/mol. The van der Waals surface area contributed by atoms with Gasteiger partial charge in [-0.15, -0.1) is 0 Å². The molecule has 0 bridgehead atoms. The molecule has 2 aromatic rings. The van der Waals surface area contributed by atoms with Crippen LogP contribution in [0.25, 0.3) is 6.08 Å². The van der Waals surface area contributed by atoms with Gasteiger partial charge in [0, 0.05) is 0 Å². The summed E-state index contributed by atoms with van der Waals surface area (Å²) < 4.78 is 10.6. The summed E-state index contributed by atoms with van der Waals surface area (Å²) in [6.45, 7) is 2.57. The predicted molar refractivity (Wildman–Crippen MR) is 104 cm³/mol. The molecule has 1 aliphatic rings. The van der Waals surface area contributed by atoms with E-state index < -0.39 is 17.8 Å². The summed E-state index contributed by atoms with van der Waals surface area (Å²) in [5.74, 6) is -0.124. The van der Waals surface area contributed by atoms with Crippen molar-refractivity contribution in [1.29, 1.82) is 0 Å². The lowest BCUT2D eigenvalue weighted by Crippen LogP contribution is -2.54. The molecule has 0 unspecified atom stereocenters. The van der Waals surface area contributed by atoms with Crippen LogP contribution in [0.5, 0.6) is 11.5 Å². The quantitative estimate of drug-likeness (QED) is 0.615. The van der Waals surface area contributed by atoms with Crippen molar-refractivity contribution in [3.8, 4) is 11.5 Å². The van der Waals surface area contributed by atoms with E-state index in [0.717, 1.165) is 11.3 Å². The summed E-state index contributed by atoms with van der Waals surface area (Å²) in [6.07, 6.45) is 2.31. The first kappa shape index (κ1) is 19.2. The van der Waals surface area contributed by atoms with Gasteiger partial charge in [-0.3, -0.25) is 14.9 Å². The molecular formula is C21H20N2O5. The van der Waals surface area contributed by atoms with Gasteiger partial charge in [-0.05, 0) is 54.5 Å². The van der Waals surface area contributed by atoms with Gasteiger partial charge < -0.3 is 9.47 Å². The first-order valence-electron chi connectivity index (χ1n) is 8.82. The SMILES string of the molecule is CCCOc1ccc(N2C(=O)NC(=O)/C(=C/c3ccc(OC)cc3)C2=O)cc1. The smallest absolute Gasteiger partial charge is 0.335 e. The van der Waals surface area contributed by atoms with Crippen molar-refractivity contribution < 1.29 is 23.9 Å². The highest BCUT2D eigenvalue weighted by Crippen LogP contribution is 2.24. The second-order valence-corrected chi connectivity index (χ2v) is 6.07. The van der Waals surface area contributed by atoms with E-state index in [2.05, 4.69) is 5.32 Å². The lowest BCUT2D eigenvalue weighted by atomic mass is 10.1. The Kier molecular flexibility index (Phi) is 5.74. The summed E-state index contributed by atoms with van der Waals surface area (Å²) in [5.41, 5.74) is 0.854. The van der Waals surface area contributed by atoms with Gasteiger partial charge in [-0.2, -0.15) is 0 Å². The number of imide groups is 2. The first-order chi connectivity index (χ1) is 13.5. The lowest BCUT2D eigenvalue weighted by molar-refractivity contribution is -0.122. The highest BCUT2D eigenvalue weighted by atomic mass is 16.5. The standard InChI is InChI=1S/C21H20N2O5/c1-3-12-28-17-10-6-15(7-11-17)23-20(25)18(19(24)22-21(23)26)13-14-4-8-16(27-2)9-5-14/h4-11,13H,3,12H2,1-2H3,(H,22,24,26)/b18-13-. The molecule has 0 saturated carbocycles. The molecule has 0 radical (unpaired) electrons. The van der Waals surface area contributed by atoms with Crippen LogP contribution >= 0.6 is 0 Å². The molecule has 2 aromatic carbocycles. The average Bonchev–Trinajstić information content (AvgIpc) is 2.71. The topological polar surface area (TPSA) is 84.9 Å². The normalized spacial score (nSPS) is 15.6. The molecule has 1 heterocycles.